The number of nitrogens with one attached hydrogen (secondary N) is 2. The van der Waals surface area contributed by atoms with Gasteiger partial charge in [0, 0.05) is 12.1 Å². The first-order valence-corrected chi connectivity index (χ1v) is 10.1. The standard InChI is InChI=1S/C24H26N4O2/c1-14-9-10-17(16(3)11-14)25-23-22-19(12-15(2)13-20(22)29)27-24(28-23)26-18-7-5-6-8-21(18)30-4/h5-11,15H,12-13H2,1-4H3,(H2,25,26,27,28). The number of benzene rings is 2. The fourth-order valence-electron chi connectivity index (χ4n) is 3.86. The minimum Gasteiger partial charge on any atom is -0.495 e. The highest BCUT2D eigenvalue weighted by Crippen LogP contribution is 2.33. The molecule has 30 heavy (non-hydrogen) atoms. The van der Waals surface area contributed by atoms with Crippen LogP contribution < -0.4 is 15.4 Å². The van der Waals surface area contributed by atoms with Gasteiger partial charge in [-0.15, -0.1) is 0 Å². The second kappa shape index (κ2) is 8.14. The van der Waals surface area contributed by atoms with Crippen molar-refractivity contribution in [2.75, 3.05) is 17.7 Å². The molecular formula is C24H26N4O2. The zero-order valence-electron chi connectivity index (χ0n) is 17.7. The summed E-state index contributed by atoms with van der Waals surface area (Å²) >= 11 is 0. The van der Waals surface area contributed by atoms with Crippen LogP contribution in [0.2, 0.25) is 0 Å². The van der Waals surface area contributed by atoms with Crippen LogP contribution in [0.4, 0.5) is 23.1 Å². The van der Waals surface area contributed by atoms with Gasteiger partial charge >= 0.3 is 0 Å². The van der Waals surface area contributed by atoms with Gasteiger partial charge in [-0.2, -0.15) is 4.98 Å². The van der Waals surface area contributed by atoms with Crippen LogP contribution >= 0.6 is 0 Å². The molecule has 1 aliphatic carbocycles. The van der Waals surface area contributed by atoms with Crippen molar-refractivity contribution in [1.29, 1.82) is 0 Å². The van der Waals surface area contributed by atoms with Crippen molar-refractivity contribution in [2.24, 2.45) is 5.92 Å². The summed E-state index contributed by atoms with van der Waals surface area (Å²) in [5.74, 6) is 2.02. The first kappa shape index (κ1) is 19.9. The molecule has 4 rings (SSSR count). The number of hydrogen-bond donors (Lipinski definition) is 2. The lowest BCUT2D eigenvalue weighted by atomic mass is 9.87. The summed E-state index contributed by atoms with van der Waals surface area (Å²) < 4.78 is 5.43. The Morgan fingerprint density at radius 3 is 2.57 bits per heavy atom. The smallest absolute Gasteiger partial charge is 0.229 e. The lowest BCUT2D eigenvalue weighted by molar-refractivity contribution is 0.0952. The van der Waals surface area contributed by atoms with Gasteiger partial charge in [-0.1, -0.05) is 36.8 Å². The Balaban J connectivity index is 1.78. The van der Waals surface area contributed by atoms with Crippen LogP contribution in [-0.4, -0.2) is 22.9 Å². The number of carbonyl (C=O) groups is 1. The van der Waals surface area contributed by atoms with Gasteiger partial charge in [0.05, 0.1) is 24.1 Å². The van der Waals surface area contributed by atoms with Gasteiger partial charge in [-0.3, -0.25) is 4.79 Å². The van der Waals surface area contributed by atoms with E-state index in [9.17, 15) is 4.79 Å². The Kier molecular flexibility index (Phi) is 5.40. The quantitative estimate of drug-likeness (QED) is 0.599. The Morgan fingerprint density at radius 1 is 1.00 bits per heavy atom. The van der Waals surface area contributed by atoms with Gasteiger partial charge in [-0.05, 0) is 49.9 Å². The van der Waals surface area contributed by atoms with E-state index in [1.54, 1.807) is 7.11 Å². The summed E-state index contributed by atoms with van der Waals surface area (Å²) in [5, 5.41) is 6.64. The molecule has 154 valence electrons. The monoisotopic (exact) mass is 402 g/mol. The molecule has 0 fully saturated rings. The van der Waals surface area contributed by atoms with Crippen LogP contribution in [0, 0.1) is 19.8 Å². The summed E-state index contributed by atoms with van der Waals surface area (Å²) in [4.78, 5) is 22.2. The van der Waals surface area contributed by atoms with Crippen molar-refractivity contribution in [1.82, 2.24) is 9.97 Å². The minimum absolute atomic E-state index is 0.0832. The number of nitrogens with zero attached hydrogens (tertiary/aromatic N) is 2. The number of aromatic nitrogens is 2. The van der Waals surface area contributed by atoms with Crippen molar-refractivity contribution < 1.29 is 9.53 Å². The second-order valence-corrected chi connectivity index (χ2v) is 7.92. The third kappa shape index (κ3) is 3.99. The van der Waals surface area contributed by atoms with E-state index < -0.39 is 0 Å². The molecule has 0 amide bonds. The van der Waals surface area contributed by atoms with Crippen molar-refractivity contribution in [3.63, 3.8) is 0 Å². The van der Waals surface area contributed by atoms with Crippen molar-refractivity contribution >= 4 is 28.9 Å². The van der Waals surface area contributed by atoms with Crippen molar-refractivity contribution in [3.05, 3.63) is 64.8 Å². The van der Waals surface area contributed by atoms with Gasteiger partial charge in [0.2, 0.25) is 5.95 Å². The van der Waals surface area contributed by atoms with E-state index in [1.165, 1.54) is 5.56 Å². The van der Waals surface area contributed by atoms with Crippen LogP contribution in [0.15, 0.2) is 42.5 Å². The molecule has 3 aromatic rings. The second-order valence-electron chi connectivity index (χ2n) is 7.92. The van der Waals surface area contributed by atoms with Crippen LogP contribution in [0.3, 0.4) is 0 Å². The number of fused-ring (bicyclic) bond motifs is 1. The predicted octanol–water partition coefficient (Wildman–Crippen LogP) is 5.35. The summed E-state index contributed by atoms with van der Waals surface area (Å²) in [6.07, 6.45) is 1.25. The van der Waals surface area contributed by atoms with Crippen molar-refractivity contribution in [3.8, 4) is 5.75 Å². The zero-order valence-corrected chi connectivity index (χ0v) is 17.7. The number of aryl methyl sites for hydroxylation is 2. The lowest BCUT2D eigenvalue weighted by Gasteiger charge is -2.23. The molecule has 2 N–H and O–H groups in total. The van der Waals surface area contributed by atoms with Crippen LogP contribution in [0.25, 0.3) is 0 Å². The van der Waals surface area contributed by atoms with E-state index in [4.69, 9.17) is 4.74 Å². The Bertz CT molecular complexity index is 1110. The predicted molar refractivity (Wildman–Crippen MR) is 119 cm³/mol. The van der Waals surface area contributed by atoms with E-state index in [0.29, 0.717) is 29.5 Å². The normalized spacial score (nSPS) is 15.5. The average Bonchev–Trinajstić information content (AvgIpc) is 2.70. The maximum absolute atomic E-state index is 12.9. The van der Waals surface area contributed by atoms with Crippen LogP contribution in [0.5, 0.6) is 5.75 Å². The zero-order chi connectivity index (χ0) is 21.3. The highest BCUT2D eigenvalue weighted by molar-refractivity contribution is 6.03. The highest BCUT2D eigenvalue weighted by atomic mass is 16.5. The highest BCUT2D eigenvalue weighted by Gasteiger charge is 2.28. The molecule has 6 heteroatoms. The van der Waals surface area contributed by atoms with Gasteiger partial charge in [0.15, 0.2) is 5.78 Å². The topological polar surface area (TPSA) is 76.1 Å². The third-order valence-corrected chi connectivity index (χ3v) is 5.33. The molecule has 0 radical (unpaired) electrons. The average molecular weight is 402 g/mol. The largest absolute Gasteiger partial charge is 0.495 e. The van der Waals surface area contributed by atoms with Crippen LogP contribution in [0.1, 0.15) is 40.5 Å². The molecule has 1 aromatic heterocycles. The molecule has 0 bridgehead atoms. The number of Topliss-reactive ketones (excluding diaryl/α,β-unsaturated/α-hetero) is 1. The van der Waals surface area contributed by atoms with Crippen LogP contribution in [-0.2, 0) is 6.42 Å². The number of ketones is 1. The number of para-hydroxylation sites is 2. The SMILES string of the molecule is COc1ccccc1Nc1nc2c(c(Nc3ccc(C)cc3C)n1)C(=O)CC(C)C2. The molecule has 0 aliphatic heterocycles. The molecule has 0 saturated carbocycles. The molecule has 1 heterocycles. The number of anilines is 4. The van der Waals surface area contributed by atoms with E-state index >= 15 is 0 Å². The number of ether oxygens (including phenoxy) is 1. The Hall–Kier alpha value is -3.41. The molecule has 0 saturated heterocycles. The minimum atomic E-state index is 0.0832. The summed E-state index contributed by atoms with van der Waals surface area (Å²) in [6.45, 7) is 6.18. The molecule has 1 unspecified atom stereocenters. The summed E-state index contributed by atoms with van der Waals surface area (Å²) in [7, 11) is 1.63. The van der Waals surface area contributed by atoms with E-state index in [1.807, 2.05) is 43.3 Å². The van der Waals surface area contributed by atoms with E-state index in [-0.39, 0.29) is 11.7 Å². The van der Waals surface area contributed by atoms with E-state index in [0.717, 1.165) is 29.1 Å². The molecule has 0 spiro atoms. The fourth-order valence-corrected chi connectivity index (χ4v) is 3.86. The molecule has 1 aliphatic rings. The molecule has 6 nitrogen and oxygen atoms in total. The maximum Gasteiger partial charge on any atom is 0.229 e. The third-order valence-electron chi connectivity index (χ3n) is 5.33. The van der Waals surface area contributed by atoms with Crippen molar-refractivity contribution in [2.45, 2.75) is 33.6 Å². The maximum atomic E-state index is 12.9. The van der Waals surface area contributed by atoms with E-state index in [2.05, 4.69) is 40.5 Å². The number of rotatable bonds is 5. The van der Waals surface area contributed by atoms with Gasteiger partial charge in [0.1, 0.15) is 11.6 Å². The first-order chi connectivity index (χ1) is 14.4. The number of hydrogen-bond acceptors (Lipinski definition) is 6. The first-order valence-electron chi connectivity index (χ1n) is 10.1. The number of methoxy groups -OCH3 is 1. The Morgan fingerprint density at radius 2 is 1.80 bits per heavy atom. The molecule has 2 aromatic carbocycles. The molecular weight excluding hydrogens is 376 g/mol. The van der Waals surface area contributed by atoms with Gasteiger partial charge < -0.3 is 15.4 Å². The van der Waals surface area contributed by atoms with Gasteiger partial charge in [-0.25, -0.2) is 4.98 Å². The Labute approximate surface area is 176 Å². The summed E-state index contributed by atoms with van der Waals surface area (Å²) in [6, 6.07) is 13.8. The summed E-state index contributed by atoms with van der Waals surface area (Å²) in [5.41, 5.74) is 5.35. The lowest BCUT2D eigenvalue weighted by Crippen LogP contribution is -2.22. The number of carbonyl (C=O) groups excluding carboxylic acids is 1. The fraction of sp³-hybridized carbons (Fsp3) is 0.292. The van der Waals surface area contributed by atoms with Gasteiger partial charge in [0.25, 0.3) is 0 Å². The molecule has 1 atom stereocenters.